The van der Waals surface area contributed by atoms with E-state index in [2.05, 4.69) is 134 Å². The minimum Gasteiger partial charge on any atom is -0.471 e. The maximum atomic E-state index is 14.7. The summed E-state index contributed by atoms with van der Waals surface area (Å²) in [5, 5.41) is 6.26. The molecule has 0 saturated carbocycles. The molecule has 0 bridgehead atoms. The Balaban J connectivity index is 2.60. The van der Waals surface area contributed by atoms with Crippen LogP contribution in [-0.2, 0) is 70.4 Å². The van der Waals surface area contributed by atoms with Gasteiger partial charge >= 0.3 is 7.82 Å². The fourth-order valence-corrected chi connectivity index (χ4v) is 12.6. The first kappa shape index (κ1) is 88.2. The third-order valence-electron chi connectivity index (χ3n) is 16.5. The van der Waals surface area contributed by atoms with E-state index in [1.165, 1.54) is 96.2 Å². The number of allylic oxidation sites excluding steroid dienone is 3. The number of carbonyl (C=O) groups is 3. The summed E-state index contributed by atoms with van der Waals surface area (Å²) in [7, 11) is -1.23. The fourth-order valence-electron chi connectivity index (χ4n) is 11.2. The number of ketones is 1. The molecular weight excluding hydrogens is 1260 g/mol. The van der Waals surface area contributed by atoms with E-state index in [1.807, 2.05) is 6.92 Å². The lowest BCUT2D eigenvalue weighted by Gasteiger charge is -2.48. The number of hydrogen-bond acceptors (Lipinski definition) is 15. The number of amides is 2. The molecule has 2 N–H and O–H groups in total. The van der Waals surface area contributed by atoms with E-state index in [-0.39, 0.29) is 57.9 Å². The zero-order valence-corrected chi connectivity index (χ0v) is 61.4. The number of methoxy groups -OCH3 is 2. The van der Waals surface area contributed by atoms with Crippen LogP contribution in [0, 0.1) is 89.3 Å². The number of nitrogens with one attached hydrogen (secondary N) is 2. The standard InChI is InChI=1S/C80H119N2O15P/c1-11-18-22-26-29-32-34-36-37-39-41-43-45-49-53-57-72(84)81-75-78(90-63-58-69(88-10)56-52-47-25-21-14-4)77(97-98(86,93-60-16-6)94-61-17-7)71(65-87-9)96-80(75)92-66-70-67(8)76(89-62-54-50-46-31-28-24-20-13-3)74(79(95-70)91-59-15-5)82-73(85)64-68(83)55-51-48-44-42-40-38-35-33-30-27-23-19-12-2/h2,15-17,32,34,59,67,69-71,74-80H,6-7,11,13-14,18,20-22,24-26,28-29,31,36-37,39,41,43,45-47,49-50,52-58,60-66H2,1,3-5,8-10H3,(H,81,84)(H,82,85)/b34-32-,59-15-/t67-,69-,70-,71-,74-,75-,76+,77-,78-,79+,80-/m1/s1. The second-order valence-corrected chi connectivity index (χ2v) is 26.3. The predicted molar refractivity (Wildman–Crippen MR) is 389 cm³/mol. The highest BCUT2D eigenvalue weighted by Crippen LogP contribution is 2.52. The van der Waals surface area contributed by atoms with Gasteiger partial charge in [0.25, 0.3) is 0 Å². The Morgan fingerprint density at radius 3 is 1.65 bits per heavy atom. The van der Waals surface area contributed by atoms with Gasteiger partial charge in [0.2, 0.25) is 18.1 Å². The summed E-state index contributed by atoms with van der Waals surface area (Å²) in [5.41, 5.74) is 0. The molecule has 18 heteroatoms. The van der Waals surface area contributed by atoms with Crippen molar-refractivity contribution in [3.8, 4) is 83.4 Å². The molecule has 0 aromatic rings. The molecule has 0 radical (unpaired) electrons. The van der Waals surface area contributed by atoms with E-state index >= 15 is 0 Å². The van der Waals surface area contributed by atoms with E-state index in [4.69, 9.17) is 57.9 Å². The van der Waals surface area contributed by atoms with Crippen LogP contribution in [-0.4, -0.2) is 133 Å². The summed E-state index contributed by atoms with van der Waals surface area (Å²) in [6.45, 7) is 17.8. The third-order valence-corrected chi connectivity index (χ3v) is 18.0. The highest BCUT2D eigenvalue weighted by Gasteiger charge is 2.53. The molecule has 2 fully saturated rings. The molecule has 544 valence electrons. The summed E-state index contributed by atoms with van der Waals surface area (Å²) in [6, 6.07) is -1.97. The van der Waals surface area contributed by atoms with Crippen LogP contribution >= 0.6 is 7.82 Å². The minimum absolute atomic E-state index is 0.0915. The van der Waals surface area contributed by atoms with E-state index in [0.29, 0.717) is 19.4 Å². The molecule has 0 aromatic heterocycles. The van der Waals surface area contributed by atoms with Gasteiger partial charge in [0.15, 0.2) is 12.1 Å². The molecule has 0 spiro atoms. The molecule has 2 rings (SSSR count). The topological polar surface area (TPSA) is 194 Å². The summed E-state index contributed by atoms with van der Waals surface area (Å²) >= 11 is 0. The van der Waals surface area contributed by atoms with Crippen molar-refractivity contribution >= 4 is 25.4 Å². The van der Waals surface area contributed by atoms with E-state index < -0.39 is 87.0 Å². The monoisotopic (exact) mass is 1380 g/mol. The van der Waals surface area contributed by atoms with Crippen LogP contribution in [0.25, 0.3) is 0 Å². The van der Waals surface area contributed by atoms with E-state index in [1.54, 1.807) is 20.1 Å². The SMILES string of the molecule is C#CC#CC#CC#CC#CC#CC#CCC(=O)CC(=O)N[C@H]1[C@@H](O/C=C\C)O[C@H](CO[C@@H]2O[C@H](COC)[C@@H](OP(=O)(OCC=C)OCC=C)[C@H](OCC[C@@H](CCCCCCC)OC)[C@H]2NC(=O)CCCCCCCCC/C=C\CCCCCC)[C@@H](C)[C@@H]1OCCCCCCCCCC. The van der Waals surface area contributed by atoms with Crippen molar-refractivity contribution < 1.29 is 70.4 Å². The number of terminal acetylenes is 1. The van der Waals surface area contributed by atoms with Gasteiger partial charge < -0.3 is 48.5 Å². The van der Waals surface area contributed by atoms with Gasteiger partial charge in [-0.1, -0.05) is 192 Å². The molecule has 2 saturated heterocycles. The lowest BCUT2D eigenvalue weighted by Crippen LogP contribution is -2.67. The summed E-state index contributed by atoms with van der Waals surface area (Å²) in [4.78, 5) is 41.6. The molecule has 11 atom stereocenters. The first-order valence-corrected chi connectivity index (χ1v) is 37.8. The van der Waals surface area contributed by atoms with E-state index in [0.717, 1.165) is 96.3 Å². The molecule has 98 heavy (non-hydrogen) atoms. The molecule has 0 aromatic carbocycles. The quantitative estimate of drug-likeness (QED) is 0.0146. The molecular formula is C80H119N2O15P. The van der Waals surface area contributed by atoms with Crippen molar-refractivity contribution in [2.45, 2.75) is 295 Å². The van der Waals surface area contributed by atoms with Gasteiger partial charge in [0.1, 0.15) is 30.4 Å². The van der Waals surface area contributed by atoms with Gasteiger partial charge in [-0.25, -0.2) is 4.57 Å². The Bertz CT molecular complexity index is 2760. The van der Waals surface area contributed by atoms with E-state index in [9.17, 15) is 18.9 Å². The van der Waals surface area contributed by atoms with Crippen molar-refractivity contribution in [3.63, 3.8) is 0 Å². The lowest BCUT2D eigenvalue weighted by atomic mass is 9.88. The number of phosphoric ester groups is 1. The highest BCUT2D eigenvalue weighted by molar-refractivity contribution is 7.48. The Morgan fingerprint density at radius 1 is 0.571 bits per heavy atom. The van der Waals surface area contributed by atoms with Gasteiger partial charge in [0.05, 0.1) is 63.8 Å². The van der Waals surface area contributed by atoms with Crippen molar-refractivity contribution in [1.29, 1.82) is 0 Å². The Hall–Kier alpha value is -5.88. The predicted octanol–water partition coefficient (Wildman–Crippen LogP) is 14.9. The number of unbranched alkanes of at least 4 members (excludes halogenated alkanes) is 22. The summed E-state index contributed by atoms with van der Waals surface area (Å²) in [5.74, 6) is 30.6. The molecule has 2 aliphatic rings. The maximum absolute atomic E-state index is 14.7. The van der Waals surface area contributed by atoms with Crippen LogP contribution in [0.5, 0.6) is 0 Å². The fraction of sp³-hybridized carbons (Fsp3) is 0.688. The van der Waals surface area contributed by atoms with Gasteiger partial charge in [-0.05, 0) is 129 Å². The first-order chi connectivity index (χ1) is 47.9. The zero-order valence-electron chi connectivity index (χ0n) is 60.5. The average molecular weight is 1380 g/mol. The Labute approximate surface area is 591 Å². The smallest absolute Gasteiger partial charge is 0.471 e. The van der Waals surface area contributed by atoms with Crippen molar-refractivity contribution in [2.75, 3.05) is 53.9 Å². The number of Topliss-reactive ketones (excluding diaryl/α,β-unsaturated/α-hetero) is 1. The van der Waals surface area contributed by atoms with Gasteiger partial charge in [0, 0.05) is 39.8 Å². The van der Waals surface area contributed by atoms with Gasteiger partial charge in [-0.15, -0.1) is 19.6 Å². The zero-order chi connectivity index (χ0) is 71.4. The molecule has 0 aliphatic carbocycles. The van der Waals surface area contributed by atoms with Crippen LogP contribution in [0.15, 0.2) is 49.8 Å². The van der Waals surface area contributed by atoms with Crippen LogP contribution in [0.3, 0.4) is 0 Å². The van der Waals surface area contributed by atoms with Crippen LogP contribution in [0.2, 0.25) is 0 Å². The molecule has 2 heterocycles. The number of rotatable bonds is 56. The molecule has 2 aliphatic heterocycles. The van der Waals surface area contributed by atoms with Crippen LogP contribution < -0.4 is 10.6 Å². The normalized spacial score (nSPS) is 20.6. The summed E-state index contributed by atoms with van der Waals surface area (Å²) < 4.78 is 84.9. The second kappa shape index (κ2) is 59.9. The Morgan fingerprint density at radius 2 is 1.08 bits per heavy atom. The average Bonchev–Trinajstić information content (AvgIpc) is 0.785. The van der Waals surface area contributed by atoms with Gasteiger partial charge in [-0.3, -0.25) is 28.0 Å². The third kappa shape index (κ3) is 41.6. The number of hydrogen-bond donors (Lipinski definition) is 2. The van der Waals surface area contributed by atoms with Gasteiger partial charge in [-0.2, -0.15) is 0 Å². The highest BCUT2D eigenvalue weighted by atomic mass is 31.2. The van der Waals surface area contributed by atoms with Crippen molar-refractivity contribution in [3.05, 3.63) is 49.8 Å². The van der Waals surface area contributed by atoms with Crippen LogP contribution in [0.4, 0.5) is 0 Å². The largest absolute Gasteiger partial charge is 0.475 e. The summed E-state index contributed by atoms with van der Waals surface area (Å²) in [6.07, 6.45) is 37.9. The molecule has 0 unspecified atom stereocenters. The van der Waals surface area contributed by atoms with Crippen molar-refractivity contribution in [1.82, 2.24) is 10.6 Å². The molecule has 17 nitrogen and oxygen atoms in total. The number of phosphoric acid groups is 1. The minimum atomic E-state index is -4.43. The Kier molecular flexibility index (Phi) is 53.9. The van der Waals surface area contributed by atoms with Crippen LogP contribution in [0.1, 0.15) is 234 Å². The number of carbonyl (C=O) groups excluding carboxylic acids is 3. The molecule has 2 amide bonds. The lowest BCUT2D eigenvalue weighted by molar-refractivity contribution is -0.297. The maximum Gasteiger partial charge on any atom is 0.475 e. The van der Waals surface area contributed by atoms with Crippen molar-refractivity contribution in [2.24, 2.45) is 5.92 Å². The number of ether oxygens (including phenoxy) is 8. The first-order valence-electron chi connectivity index (χ1n) is 36.3. The second-order valence-electron chi connectivity index (χ2n) is 24.6.